The van der Waals surface area contributed by atoms with Crippen LogP contribution in [0.4, 0.5) is 5.69 Å². The minimum absolute atomic E-state index is 0.454. The number of amidine groups is 1. The first-order valence-electron chi connectivity index (χ1n) is 6.48. The van der Waals surface area contributed by atoms with Crippen molar-refractivity contribution in [1.29, 1.82) is 0 Å². The largest absolute Gasteiger partial charge is 0.494 e. The van der Waals surface area contributed by atoms with Crippen LogP contribution in [-0.4, -0.2) is 19.0 Å². The highest BCUT2D eigenvalue weighted by atomic mass is 16.5. The molecule has 2 rings (SSSR count). The Balaban J connectivity index is 2.27. The molecule has 0 amide bonds. The van der Waals surface area contributed by atoms with Crippen molar-refractivity contribution >= 4 is 11.5 Å². The van der Waals surface area contributed by atoms with Gasteiger partial charge in [0, 0.05) is 12.0 Å². The van der Waals surface area contributed by atoms with Gasteiger partial charge in [-0.15, -0.1) is 0 Å². The standard InChI is InChI=1S/C14H20N2O2/c1-3-17-11-7-8-13(18-4-2)12(9-11)16-14(15)10-5-6-10/h7-10H,3-6H2,1-2H3,(H2,15,16). The van der Waals surface area contributed by atoms with Crippen molar-refractivity contribution in [3.63, 3.8) is 0 Å². The molecule has 2 N–H and O–H groups in total. The molecule has 0 unspecified atom stereocenters. The van der Waals surface area contributed by atoms with Gasteiger partial charge in [-0.3, -0.25) is 0 Å². The van der Waals surface area contributed by atoms with Crippen molar-refractivity contribution in [2.24, 2.45) is 16.6 Å². The average Bonchev–Trinajstić information content (AvgIpc) is 3.17. The first-order chi connectivity index (χ1) is 8.74. The smallest absolute Gasteiger partial charge is 0.145 e. The van der Waals surface area contributed by atoms with Gasteiger partial charge in [-0.1, -0.05) is 0 Å². The van der Waals surface area contributed by atoms with Crippen LogP contribution in [0.3, 0.4) is 0 Å². The van der Waals surface area contributed by atoms with Gasteiger partial charge < -0.3 is 15.2 Å². The molecule has 0 heterocycles. The highest BCUT2D eigenvalue weighted by molar-refractivity contribution is 5.88. The normalized spacial score (nSPS) is 15.6. The zero-order valence-corrected chi connectivity index (χ0v) is 11.0. The Bertz CT molecular complexity index is 439. The SMILES string of the molecule is CCOc1ccc(OCC)c(N=C(N)C2CC2)c1. The van der Waals surface area contributed by atoms with Crippen LogP contribution in [0.1, 0.15) is 26.7 Å². The second-order valence-corrected chi connectivity index (χ2v) is 4.31. The molecule has 18 heavy (non-hydrogen) atoms. The Morgan fingerprint density at radius 1 is 1.28 bits per heavy atom. The molecule has 1 aromatic carbocycles. The summed E-state index contributed by atoms with van der Waals surface area (Å²) in [7, 11) is 0. The number of rotatable bonds is 6. The van der Waals surface area contributed by atoms with E-state index in [1.807, 2.05) is 32.0 Å². The first kappa shape index (κ1) is 12.7. The van der Waals surface area contributed by atoms with Crippen LogP contribution in [0.15, 0.2) is 23.2 Å². The molecule has 1 aromatic rings. The molecule has 4 nitrogen and oxygen atoms in total. The topological polar surface area (TPSA) is 56.8 Å². The Morgan fingerprint density at radius 2 is 2.00 bits per heavy atom. The van der Waals surface area contributed by atoms with E-state index in [2.05, 4.69) is 4.99 Å². The zero-order chi connectivity index (χ0) is 13.0. The summed E-state index contributed by atoms with van der Waals surface area (Å²) in [5, 5.41) is 0. The van der Waals surface area contributed by atoms with Crippen molar-refractivity contribution in [3.8, 4) is 11.5 Å². The number of aliphatic imine (C=N–C) groups is 1. The van der Waals surface area contributed by atoms with Crippen LogP contribution < -0.4 is 15.2 Å². The van der Waals surface area contributed by atoms with Crippen molar-refractivity contribution in [3.05, 3.63) is 18.2 Å². The van der Waals surface area contributed by atoms with Crippen molar-refractivity contribution in [2.75, 3.05) is 13.2 Å². The minimum Gasteiger partial charge on any atom is -0.494 e. The number of nitrogens with zero attached hydrogens (tertiary/aromatic N) is 1. The fraction of sp³-hybridized carbons (Fsp3) is 0.500. The summed E-state index contributed by atoms with van der Waals surface area (Å²) in [6.45, 7) is 5.15. The van der Waals surface area contributed by atoms with E-state index in [1.165, 1.54) is 0 Å². The van der Waals surface area contributed by atoms with Crippen LogP contribution in [-0.2, 0) is 0 Å². The summed E-state index contributed by atoms with van der Waals surface area (Å²) in [6, 6.07) is 5.65. The summed E-state index contributed by atoms with van der Waals surface area (Å²) in [4.78, 5) is 4.47. The van der Waals surface area contributed by atoms with Gasteiger partial charge >= 0.3 is 0 Å². The predicted molar refractivity (Wildman–Crippen MR) is 72.8 cm³/mol. The summed E-state index contributed by atoms with van der Waals surface area (Å²) >= 11 is 0. The Labute approximate surface area is 108 Å². The molecule has 0 radical (unpaired) electrons. The molecule has 0 atom stereocenters. The van der Waals surface area contributed by atoms with Gasteiger partial charge in [0.05, 0.1) is 13.2 Å². The van der Waals surface area contributed by atoms with Crippen LogP contribution in [0.2, 0.25) is 0 Å². The van der Waals surface area contributed by atoms with E-state index in [1.54, 1.807) is 0 Å². The van der Waals surface area contributed by atoms with Crippen LogP contribution >= 0.6 is 0 Å². The van der Waals surface area contributed by atoms with E-state index >= 15 is 0 Å². The number of hydrogen-bond donors (Lipinski definition) is 1. The average molecular weight is 248 g/mol. The van der Waals surface area contributed by atoms with Gasteiger partial charge in [-0.25, -0.2) is 4.99 Å². The van der Waals surface area contributed by atoms with Crippen LogP contribution in [0.5, 0.6) is 11.5 Å². The Kier molecular flexibility index (Phi) is 4.07. The number of nitrogens with two attached hydrogens (primary N) is 1. The van der Waals surface area contributed by atoms with Gasteiger partial charge in [0.2, 0.25) is 0 Å². The Morgan fingerprint density at radius 3 is 2.61 bits per heavy atom. The molecular formula is C14H20N2O2. The summed E-state index contributed by atoms with van der Waals surface area (Å²) < 4.78 is 11.0. The third-order valence-corrected chi connectivity index (χ3v) is 2.79. The minimum atomic E-state index is 0.454. The maximum absolute atomic E-state index is 5.95. The van der Waals surface area contributed by atoms with Gasteiger partial charge in [0.25, 0.3) is 0 Å². The molecule has 98 valence electrons. The van der Waals surface area contributed by atoms with Crippen LogP contribution in [0.25, 0.3) is 0 Å². The number of benzene rings is 1. The quantitative estimate of drug-likeness (QED) is 0.622. The van der Waals surface area contributed by atoms with Gasteiger partial charge in [0.1, 0.15) is 23.0 Å². The molecule has 1 fully saturated rings. The molecule has 0 bridgehead atoms. The van der Waals surface area contributed by atoms with Crippen molar-refractivity contribution in [1.82, 2.24) is 0 Å². The molecule has 0 aliphatic heterocycles. The summed E-state index contributed by atoms with van der Waals surface area (Å²) in [5.41, 5.74) is 6.71. The molecule has 4 heteroatoms. The maximum atomic E-state index is 5.95. The van der Waals surface area contributed by atoms with Crippen molar-refractivity contribution in [2.45, 2.75) is 26.7 Å². The van der Waals surface area contributed by atoms with Gasteiger partial charge in [-0.05, 0) is 38.8 Å². The molecule has 0 spiro atoms. The molecule has 1 aliphatic carbocycles. The molecule has 1 saturated carbocycles. The third kappa shape index (κ3) is 3.15. The highest BCUT2D eigenvalue weighted by Crippen LogP contribution is 2.35. The molecular weight excluding hydrogens is 228 g/mol. The maximum Gasteiger partial charge on any atom is 0.145 e. The number of ether oxygens (including phenoxy) is 2. The summed E-state index contributed by atoms with van der Waals surface area (Å²) in [5.74, 6) is 2.70. The molecule has 1 aliphatic rings. The lowest BCUT2D eigenvalue weighted by molar-refractivity contribution is 0.331. The molecule has 0 saturated heterocycles. The molecule has 0 aromatic heterocycles. The lowest BCUT2D eigenvalue weighted by Gasteiger charge is -2.10. The van der Waals surface area contributed by atoms with E-state index in [0.29, 0.717) is 25.0 Å². The van der Waals surface area contributed by atoms with Gasteiger partial charge in [0.15, 0.2) is 0 Å². The predicted octanol–water partition coefficient (Wildman–Crippen LogP) is 2.88. The van der Waals surface area contributed by atoms with E-state index in [0.717, 1.165) is 30.0 Å². The lowest BCUT2D eigenvalue weighted by Crippen LogP contribution is -2.13. The fourth-order valence-corrected chi connectivity index (χ4v) is 1.73. The highest BCUT2D eigenvalue weighted by Gasteiger charge is 2.25. The third-order valence-electron chi connectivity index (χ3n) is 2.79. The second kappa shape index (κ2) is 5.76. The zero-order valence-electron chi connectivity index (χ0n) is 11.0. The van der Waals surface area contributed by atoms with E-state index in [-0.39, 0.29) is 0 Å². The fourth-order valence-electron chi connectivity index (χ4n) is 1.73. The van der Waals surface area contributed by atoms with Crippen LogP contribution in [0, 0.1) is 5.92 Å². The van der Waals surface area contributed by atoms with E-state index in [9.17, 15) is 0 Å². The lowest BCUT2D eigenvalue weighted by atomic mass is 10.2. The van der Waals surface area contributed by atoms with Crippen molar-refractivity contribution < 1.29 is 9.47 Å². The second-order valence-electron chi connectivity index (χ2n) is 4.31. The van der Waals surface area contributed by atoms with Gasteiger partial charge in [-0.2, -0.15) is 0 Å². The summed E-state index contributed by atoms with van der Waals surface area (Å²) in [6.07, 6.45) is 2.29. The first-order valence-corrected chi connectivity index (χ1v) is 6.48. The van der Waals surface area contributed by atoms with E-state index < -0.39 is 0 Å². The van der Waals surface area contributed by atoms with E-state index in [4.69, 9.17) is 15.2 Å². The number of hydrogen-bond acceptors (Lipinski definition) is 3. The monoisotopic (exact) mass is 248 g/mol. The Hall–Kier alpha value is -1.71.